The average molecular weight is 396 g/mol. The molecule has 0 saturated carbocycles. The first-order chi connectivity index (χ1) is 14.7. The number of pyridine rings is 3. The molecule has 0 amide bonds. The number of nitrogens with zero attached hydrogens (tertiary/aromatic N) is 4. The molecule has 0 N–H and O–H groups in total. The van der Waals surface area contributed by atoms with Crippen LogP contribution < -0.4 is 4.74 Å². The Labute approximate surface area is 172 Å². The van der Waals surface area contributed by atoms with Gasteiger partial charge in [0.1, 0.15) is 11.5 Å². The second-order valence-corrected chi connectivity index (χ2v) is 6.81. The lowest BCUT2D eigenvalue weighted by Crippen LogP contribution is -1.91. The smallest absolute Gasteiger partial charge is 0.212 e. The molecule has 0 bridgehead atoms. The van der Waals surface area contributed by atoms with E-state index in [2.05, 4.69) is 15.0 Å². The van der Waals surface area contributed by atoms with Crippen LogP contribution in [0.5, 0.6) is 5.88 Å². The molecule has 0 aliphatic heterocycles. The molecule has 0 radical (unpaired) electrons. The molecule has 146 valence electrons. The fourth-order valence-electron chi connectivity index (χ4n) is 3.41. The Balaban J connectivity index is 1.52. The molecule has 0 atom stereocenters. The number of benzene rings is 1. The van der Waals surface area contributed by atoms with Gasteiger partial charge in [0.2, 0.25) is 5.88 Å². The molecule has 0 unspecified atom stereocenters. The topological polar surface area (TPSA) is 52.3 Å². The number of methoxy groups -OCH3 is 1. The van der Waals surface area contributed by atoms with Crippen molar-refractivity contribution in [1.29, 1.82) is 0 Å². The molecule has 0 aliphatic rings. The highest BCUT2D eigenvalue weighted by atomic mass is 19.1. The van der Waals surface area contributed by atoms with Gasteiger partial charge in [0, 0.05) is 41.3 Å². The highest BCUT2D eigenvalue weighted by molar-refractivity contribution is 5.73. The molecular weight excluding hydrogens is 379 g/mol. The number of ether oxygens (including phenoxy) is 1. The standard InChI is InChI=1S/C24H17FN4O/c1-30-24-7-4-19(14-28-24)17-9-11-29-22(15-27-23(29)13-17)18-8-10-26-21(12-18)16-2-5-20(25)6-3-16/h2-15H,1H3. The second-order valence-electron chi connectivity index (χ2n) is 6.81. The molecular formula is C24H17FN4O. The van der Waals surface area contributed by atoms with Gasteiger partial charge < -0.3 is 4.74 Å². The van der Waals surface area contributed by atoms with Crippen LogP contribution in [0.25, 0.3) is 39.3 Å². The predicted octanol–water partition coefficient (Wildman–Crippen LogP) is 5.27. The quantitative estimate of drug-likeness (QED) is 0.415. The number of hydrogen-bond donors (Lipinski definition) is 0. The van der Waals surface area contributed by atoms with Crippen LogP contribution in [0.15, 0.2) is 85.5 Å². The summed E-state index contributed by atoms with van der Waals surface area (Å²) in [6.45, 7) is 0. The van der Waals surface area contributed by atoms with Crippen LogP contribution in [-0.2, 0) is 0 Å². The van der Waals surface area contributed by atoms with Gasteiger partial charge in [-0.15, -0.1) is 0 Å². The summed E-state index contributed by atoms with van der Waals surface area (Å²) in [6.07, 6.45) is 7.38. The molecule has 0 spiro atoms. The molecule has 5 nitrogen and oxygen atoms in total. The van der Waals surface area contributed by atoms with Crippen molar-refractivity contribution >= 4 is 5.65 Å². The van der Waals surface area contributed by atoms with E-state index in [-0.39, 0.29) is 5.82 Å². The van der Waals surface area contributed by atoms with Gasteiger partial charge in [0.25, 0.3) is 0 Å². The summed E-state index contributed by atoms with van der Waals surface area (Å²) in [7, 11) is 1.60. The van der Waals surface area contributed by atoms with E-state index in [1.54, 1.807) is 31.6 Å². The van der Waals surface area contributed by atoms with E-state index in [0.29, 0.717) is 5.88 Å². The first-order valence-electron chi connectivity index (χ1n) is 9.41. The lowest BCUT2D eigenvalue weighted by molar-refractivity contribution is 0.398. The maximum absolute atomic E-state index is 13.2. The van der Waals surface area contributed by atoms with Gasteiger partial charge in [-0.25, -0.2) is 14.4 Å². The molecule has 6 heteroatoms. The normalized spacial score (nSPS) is 11.0. The third-order valence-electron chi connectivity index (χ3n) is 4.99. The van der Waals surface area contributed by atoms with E-state index >= 15 is 0 Å². The van der Waals surface area contributed by atoms with E-state index in [0.717, 1.165) is 39.3 Å². The van der Waals surface area contributed by atoms with Crippen molar-refractivity contribution in [3.05, 3.63) is 91.3 Å². The highest BCUT2D eigenvalue weighted by Gasteiger charge is 2.10. The first-order valence-corrected chi connectivity index (χ1v) is 9.41. The van der Waals surface area contributed by atoms with Gasteiger partial charge in [0.15, 0.2) is 0 Å². The van der Waals surface area contributed by atoms with Crippen LogP contribution in [0.4, 0.5) is 4.39 Å². The summed E-state index contributed by atoms with van der Waals surface area (Å²) in [5.74, 6) is 0.317. The molecule has 5 aromatic rings. The summed E-state index contributed by atoms with van der Waals surface area (Å²) in [4.78, 5) is 13.3. The lowest BCUT2D eigenvalue weighted by atomic mass is 10.1. The maximum Gasteiger partial charge on any atom is 0.212 e. The van der Waals surface area contributed by atoms with E-state index in [1.807, 2.05) is 53.2 Å². The van der Waals surface area contributed by atoms with Gasteiger partial charge >= 0.3 is 0 Å². The van der Waals surface area contributed by atoms with Crippen LogP contribution in [0.1, 0.15) is 0 Å². The maximum atomic E-state index is 13.2. The highest BCUT2D eigenvalue weighted by Crippen LogP contribution is 2.28. The number of aromatic nitrogens is 4. The van der Waals surface area contributed by atoms with Crippen molar-refractivity contribution in [1.82, 2.24) is 19.4 Å². The third-order valence-corrected chi connectivity index (χ3v) is 4.99. The van der Waals surface area contributed by atoms with Crippen molar-refractivity contribution in [2.75, 3.05) is 7.11 Å². The van der Waals surface area contributed by atoms with Gasteiger partial charge in [-0.2, -0.15) is 0 Å². The van der Waals surface area contributed by atoms with Crippen LogP contribution in [0, 0.1) is 5.82 Å². The van der Waals surface area contributed by atoms with E-state index in [4.69, 9.17) is 4.74 Å². The summed E-state index contributed by atoms with van der Waals surface area (Å²) < 4.78 is 20.4. The predicted molar refractivity (Wildman–Crippen MR) is 114 cm³/mol. The second kappa shape index (κ2) is 7.40. The van der Waals surface area contributed by atoms with Crippen LogP contribution in [-0.4, -0.2) is 26.5 Å². The molecule has 0 aliphatic carbocycles. The Morgan fingerprint density at radius 3 is 2.37 bits per heavy atom. The van der Waals surface area contributed by atoms with E-state index in [1.165, 1.54) is 12.1 Å². The van der Waals surface area contributed by atoms with Crippen molar-refractivity contribution < 1.29 is 9.13 Å². The molecule has 5 rings (SSSR count). The molecule has 0 saturated heterocycles. The Morgan fingerprint density at radius 1 is 0.767 bits per heavy atom. The fraction of sp³-hybridized carbons (Fsp3) is 0.0417. The molecule has 0 fully saturated rings. The number of fused-ring (bicyclic) bond motifs is 1. The molecule has 4 heterocycles. The number of hydrogen-bond acceptors (Lipinski definition) is 4. The Hall–Kier alpha value is -4.06. The average Bonchev–Trinajstić information content (AvgIpc) is 3.23. The SMILES string of the molecule is COc1ccc(-c2ccn3c(-c4ccnc(-c5ccc(F)cc5)c4)cnc3c2)cn1. The Bertz CT molecular complexity index is 1330. The first kappa shape index (κ1) is 18.0. The lowest BCUT2D eigenvalue weighted by Gasteiger charge is -2.07. The van der Waals surface area contributed by atoms with E-state index in [9.17, 15) is 4.39 Å². The number of halogens is 1. The largest absolute Gasteiger partial charge is 0.481 e. The fourth-order valence-corrected chi connectivity index (χ4v) is 3.41. The van der Waals surface area contributed by atoms with Gasteiger partial charge in [-0.05, 0) is 60.2 Å². The summed E-state index contributed by atoms with van der Waals surface area (Å²) >= 11 is 0. The van der Waals surface area contributed by atoms with Crippen molar-refractivity contribution in [2.45, 2.75) is 0 Å². The molecule has 4 aromatic heterocycles. The van der Waals surface area contributed by atoms with Crippen molar-refractivity contribution in [3.8, 4) is 39.5 Å². The summed E-state index contributed by atoms with van der Waals surface area (Å²) in [5.41, 5.74) is 6.43. The minimum atomic E-state index is -0.264. The zero-order chi connectivity index (χ0) is 20.5. The van der Waals surface area contributed by atoms with Gasteiger partial charge in [-0.1, -0.05) is 0 Å². The van der Waals surface area contributed by atoms with Crippen LogP contribution in [0.3, 0.4) is 0 Å². The molecule has 1 aromatic carbocycles. The number of rotatable bonds is 4. The Kier molecular flexibility index (Phi) is 4.44. The van der Waals surface area contributed by atoms with Gasteiger partial charge in [-0.3, -0.25) is 9.38 Å². The van der Waals surface area contributed by atoms with E-state index < -0.39 is 0 Å². The Morgan fingerprint density at radius 2 is 1.60 bits per heavy atom. The monoisotopic (exact) mass is 396 g/mol. The minimum Gasteiger partial charge on any atom is -0.481 e. The van der Waals surface area contributed by atoms with Gasteiger partial charge in [0.05, 0.1) is 24.7 Å². The zero-order valence-corrected chi connectivity index (χ0v) is 16.2. The van der Waals surface area contributed by atoms with Crippen LogP contribution in [0.2, 0.25) is 0 Å². The zero-order valence-electron chi connectivity index (χ0n) is 16.2. The summed E-state index contributed by atoms with van der Waals surface area (Å²) in [5, 5.41) is 0. The third kappa shape index (κ3) is 3.28. The van der Waals surface area contributed by atoms with Crippen molar-refractivity contribution in [2.24, 2.45) is 0 Å². The summed E-state index contributed by atoms with van der Waals surface area (Å²) in [6, 6.07) is 18.1. The van der Waals surface area contributed by atoms with Crippen LogP contribution >= 0.6 is 0 Å². The van der Waals surface area contributed by atoms with Crippen molar-refractivity contribution in [3.63, 3.8) is 0 Å². The minimum absolute atomic E-state index is 0.264. The number of imidazole rings is 1. The molecule has 30 heavy (non-hydrogen) atoms.